The van der Waals surface area contributed by atoms with Gasteiger partial charge in [-0.15, -0.1) is 0 Å². The van der Waals surface area contributed by atoms with Gasteiger partial charge in [0.15, 0.2) is 11.4 Å². The van der Waals surface area contributed by atoms with Crippen molar-refractivity contribution in [2.24, 2.45) is 5.92 Å². The Labute approximate surface area is 139 Å². The van der Waals surface area contributed by atoms with Crippen LogP contribution in [0.1, 0.15) is 43.5 Å². The molecule has 1 aliphatic heterocycles. The Bertz CT molecular complexity index is 691. The van der Waals surface area contributed by atoms with E-state index in [4.69, 9.17) is 9.47 Å². The van der Waals surface area contributed by atoms with Gasteiger partial charge in [-0.05, 0) is 37.1 Å². The number of esters is 2. The first-order chi connectivity index (χ1) is 11.4. The fourth-order valence-corrected chi connectivity index (χ4v) is 2.57. The smallest absolute Gasteiger partial charge is 0.350 e. The summed E-state index contributed by atoms with van der Waals surface area (Å²) in [5, 5.41) is 2.85. The van der Waals surface area contributed by atoms with Gasteiger partial charge in [-0.3, -0.25) is 4.79 Å². The Morgan fingerprint density at radius 1 is 1.12 bits per heavy atom. The summed E-state index contributed by atoms with van der Waals surface area (Å²) in [5.41, 5.74) is 1.12. The van der Waals surface area contributed by atoms with Crippen LogP contribution < -0.4 is 5.32 Å². The van der Waals surface area contributed by atoms with E-state index in [0.29, 0.717) is 11.3 Å². The Kier molecular flexibility index (Phi) is 4.13. The Hall–Kier alpha value is -2.63. The number of hydrogen-bond donors (Lipinski definition) is 1. The third-order valence-electron chi connectivity index (χ3n) is 4.15. The normalized spacial score (nSPS) is 19.8. The van der Waals surface area contributed by atoms with Crippen molar-refractivity contribution >= 4 is 23.4 Å². The van der Waals surface area contributed by atoms with E-state index in [9.17, 15) is 14.4 Å². The molecule has 2 fully saturated rings. The van der Waals surface area contributed by atoms with E-state index in [1.807, 2.05) is 0 Å². The Morgan fingerprint density at radius 2 is 1.71 bits per heavy atom. The predicted octanol–water partition coefficient (Wildman–Crippen LogP) is 2.80. The number of carbonyl (C=O) groups excluding carboxylic acids is 3. The maximum atomic E-state index is 12.1. The first-order valence-electron chi connectivity index (χ1n) is 7.93. The summed E-state index contributed by atoms with van der Waals surface area (Å²) in [6, 6.07) is 6.93. The molecule has 0 amide bonds. The number of ketones is 1. The summed E-state index contributed by atoms with van der Waals surface area (Å²) < 4.78 is 10.0. The van der Waals surface area contributed by atoms with Crippen molar-refractivity contribution in [3.63, 3.8) is 0 Å². The minimum atomic E-state index is -1.25. The molecule has 1 N–H and O–H groups in total. The predicted molar refractivity (Wildman–Crippen MR) is 86.1 cm³/mol. The highest BCUT2D eigenvalue weighted by molar-refractivity contribution is 6.15. The molecule has 0 aromatic heterocycles. The molecule has 0 unspecified atom stereocenters. The highest BCUT2D eigenvalue weighted by atomic mass is 16.7. The zero-order valence-corrected chi connectivity index (χ0v) is 13.6. The van der Waals surface area contributed by atoms with Crippen molar-refractivity contribution in [2.45, 2.75) is 38.9 Å². The molecule has 1 saturated carbocycles. The Morgan fingerprint density at radius 3 is 2.21 bits per heavy atom. The van der Waals surface area contributed by atoms with Crippen molar-refractivity contribution < 1.29 is 23.9 Å². The maximum absolute atomic E-state index is 12.1. The maximum Gasteiger partial charge on any atom is 0.350 e. The zero-order chi connectivity index (χ0) is 17.3. The van der Waals surface area contributed by atoms with Crippen LogP contribution in [0, 0.1) is 5.92 Å². The SMILES string of the molecule is CC1(C)OC(=O)C(=CNc2ccc(C(=O)C3CCC3)cc2)C(=O)O1. The van der Waals surface area contributed by atoms with E-state index in [1.54, 1.807) is 24.3 Å². The van der Waals surface area contributed by atoms with Crippen molar-refractivity contribution in [2.75, 3.05) is 5.32 Å². The largest absolute Gasteiger partial charge is 0.419 e. The molecule has 0 radical (unpaired) electrons. The van der Waals surface area contributed by atoms with Crippen molar-refractivity contribution in [3.8, 4) is 0 Å². The van der Waals surface area contributed by atoms with Crippen LogP contribution in [0.3, 0.4) is 0 Å². The van der Waals surface area contributed by atoms with Crippen LogP contribution >= 0.6 is 0 Å². The van der Waals surface area contributed by atoms with Gasteiger partial charge in [0, 0.05) is 37.2 Å². The van der Waals surface area contributed by atoms with E-state index < -0.39 is 17.7 Å². The van der Waals surface area contributed by atoms with Crippen LogP contribution in [0.4, 0.5) is 5.69 Å². The fraction of sp³-hybridized carbons (Fsp3) is 0.389. The van der Waals surface area contributed by atoms with Gasteiger partial charge in [-0.25, -0.2) is 9.59 Å². The van der Waals surface area contributed by atoms with Gasteiger partial charge < -0.3 is 14.8 Å². The van der Waals surface area contributed by atoms with Gasteiger partial charge in [0.25, 0.3) is 5.79 Å². The van der Waals surface area contributed by atoms with Crippen LogP contribution in [-0.4, -0.2) is 23.5 Å². The Balaban J connectivity index is 1.67. The first-order valence-corrected chi connectivity index (χ1v) is 7.93. The molecule has 1 aromatic carbocycles. The average molecular weight is 329 g/mol. The van der Waals surface area contributed by atoms with Crippen LogP contribution in [0.2, 0.25) is 0 Å². The average Bonchev–Trinajstić information content (AvgIpc) is 2.44. The first kappa shape index (κ1) is 16.2. The van der Waals surface area contributed by atoms with Gasteiger partial charge >= 0.3 is 11.9 Å². The molecule has 1 heterocycles. The van der Waals surface area contributed by atoms with Crippen LogP contribution in [-0.2, 0) is 19.1 Å². The molecule has 1 aromatic rings. The minimum Gasteiger partial charge on any atom is -0.419 e. The monoisotopic (exact) mass is 329 g/mol. The number of cyclic esters (lactones) is 2. The number of carbonyl (C=O) groups is 3. The topological polar surface area (TPSA) is 81.7 Å². The van der Waals surface area contributed by atoms with Gasteiger partial charge in [-0.1, -0.05) is 6.42 Å². The highest BCUT2D eigenvalue weighted by Gasteiger charge is 2.38. The molecule has 3 rings (SSSR count). The summed E-state index contributed by atoms with van der Waals surface area (Å²) in [6.45, 7) is 2.98. The van der Waals surface area contributed by atoms with Crippen molar-refractivity contribution in [3.05, 3.63) is 41.6 Å². The fourth-order valence-electron chi connectivity index (χ4n) is 2.57. The van der Waals surface area contributed by atoms with E-state index in [0.717, 1.165) is 19.3 Å². The molecule has 126 valence electrons. The molecule has 0 bridgehead atoms. The number of ether oxygens (including phenoxy) is 2. The molecule has 6 nitrogen and oxygen atoms in total. The summed E-state index contributed by atoms with van der Waals surface area (Å²) in [7, 11) is 0. The lowest BCUT2D eigenvalue weighted by Crippen LogP contribution is -2.42. The van der Waals surface area contributed by atoms with E-state index in [-0.39, 0.29) is 17.3 Å². The summed E-state index contributed by atoms with van der Waals surface area (Å²) in [5.74, 6) is -2.40. The molecule has 24 heavy (non-hydrogen) atoms. The number of benzene rings is 1. The van der Waals surface area contributed by atoms with Gasteiger partial charge in [0.05, 0.1) is 0 Å². The molecular formula is C18H19NO5. The lowest BCUT2D eigenvalue weighted by atomic mass is 9.80. The van der Waals surface area contributed by atoms with Crippen LogP contribution in [0.5, 0.6) is 0 Å². The highest BCUT2D eigenvalue weighted by Crippen LogP contribution is 2.30. The number of hydrogen-bond acceptors (Lipinski definition) is 6. The molecule has 0 atom stereocenters. The summed E-state index contributed by atoms with van der Waals surface area (Å²) in [6.07, 6.45) is 4.30. The van der Waals surface area contributed by atoms with Gasteiger partial charge in [0.2, 0.25) is 0 Å². The molecule has 1 aliphatic carbocycles. The second-order valence-corrected chi connectivity index (χ2v) is 6.45. The number of anilines is 1. The van der Waals surface area contributed by atoms with Crippen LogP contribution in [0.25, 0.3) is 0 Å². The third-order valence-corrected chi connectivity index (χ3v) is 4.15. The van der Waals surface area contributed by atoms with Gasteiger partial charge in [0.1, 0.15) is 0 Å². The summed E-state index contributed by atoms with van der Waals surface area (Å²) >= 11 is 0. The number of nitrogens with one attached hydrogen (secondary N) is 1. The van der Waals surface area contributed by atoms with Crippen molar-refractivity contribution in [1.82, 2.24) is 0 Å². The summed E-state index contributed by atoms with van der Waals surface area (Å²) in [4.78, 5) is 35.8. The second kappa shape index (κ2) is 6.11. The van der Waals surface area contributed by atoms with E-state index in [1.165, 1.54) is 20.0 Å². The number of rotatable bonds is 4. The molecule has 0 spiro atoms. The molecule has 6 heteroatoms. The zero-order valence-electron chi connectivity index (χ0n) is 13.6. The molecule has 1 saturated heterocycles. The van der Waals surface area contributed by atoms with Gasteiger partial charge in [-0.2, -0.15) is 0 Å². The van der Waals surface area contributed by atoms with Crippen LogP contribution in [0.15, 0.2) is 36.0 Å². The lowest BCUT2D eigenvalue weighted by molar-refractivity contribution is -0.222. The second-order valence-electron chi connectivity index (χ2n) is 6.45. The third kappa shape index (κ3) is 3.32. The standard InChI is InChI=1S/C18H19NO5/c1-18(2)23-16(21)14(17(22)24-18)10-19-13-8-6-12(7-9-13)15(20)11-4-3-5-11/h6-11,19H,3-5H2,1-2H3. The molecular weight excluding hydrogens is 310 g/mol. The lowest BCUT2D eigenvalue weighted by Gasteiger charge is -2.29. The number of Topliss-reactive ketones (excluding diaryl/α,β-unsaturated/α-hetero) is 1. The minimum absolute atomic E-state index is 0.154. The van der Waals surface area contributed by atoms with Crippen molar-refractivity contribution in [1.29, 1.82) is 0 Å². The van der Waals surface area contributed by atoms with E-state index >= 15 is 0 Å². The molecule has 2 aliphatic rings. The quantitative estimate of drug-likeness (QED) is 0.396. The van der Waals surface area contributed by atoms with E-state index in [2.05, 4.69) is 5.32 Å².